The van der Waals surface area contributed by atoms with Crippen molar-refractivity contribution in [1.29, 1.82) is 0 Å². The van der Waals surface area contributed by atoms with Gasteiger partial charge in [0.1, 0.15) is 0 Å². The lowest BCUT2D eigenvalue weighted by molar-refractivity contribution is -0.123. The van der Waals surface area contributed by atoms with Crippen LogP contribution < -0.4 is 5.32 Å². The Morgan fingerprint density at radius 3 is 2.61 bits per heavy atom. The molecule has 0 saturated carbocycles. The second-order valence-electron chi connectivity index (χ2n) is 5.93. The van der Waals surface area contributed by atoms with Gasteiger partial charge in [0.25, 0.3) is 0 Å². The van der Waals surface area contributed by atoms with Crippen molar-refractivity contribution in [3.63, 3.8) is 0 Å². The van der Waals surface area contributed by atoms with Crippen molar-refractivity contribution >= 4 is 17.2 Å². The number of likely N-dealkylation sites (tertiary alicyclic amines) is 1. The van der Waals surface area contributed by atoms with E-state index in [1.807, 2.05) is 41.8 Å². The van der Waals surface area contributed by atoms with Crippen molar-refractivity contribution in [2.45, 2.75) is 25.0 Å². The number of benzene rings is 1. The number of nitrogens with one attached hydrogen (secondary N) is 1. The van der Waals surface area contributed by atoms with Gasteiger partial charge in [-0.05, 0) is 29.9 Å². The molecule has 4 nitrogen and oxygen atoms in total. The van der Waals surface area contributed by atoms with E-state index in [-0.39, 0.29) is 18.1 Å². The van der Waals surface area contributed by atoms with Gasteiger partial charge in [0, 0.05) is 18.0 Å². The van der Waals surface area contributed by atoms with Gasteiger partial charge in [0.15, 0.2) is 0 Å². The maximum Gasteiger partial charge on any atom is 0.234 e. The van der Waals surface area contributed by atoms with Gasteiger partial charge in [-0.3, -0.25) is 9.69 Å². The molecule has 23 heavy (non-hydrogen) atoms. The van der Waals surface area contributed by atoms with E-state index in [0.717, 1.165) is 36.4 Å². The van der Waals surface area contributed by atoms with Crippen LogP contribution in [0.3, 0.4) is 0 Å². The summed E-state index contributed by atoms with van der Waals surface area (Å²) in [7, 11) is 0. The number of piperidine rings is 1. The average molecular weight is 330 g/mol. The zero-order valence-corrected chi connectivity index (χ0v) is 13.8. The molecule has 1 aromatic heterocycles. The molecule has 2 N–H and O–H groups in total. The predicted octanol–water partition coefficient (Wildman–Crippen LogP) is 2.41. The summed E-state index contributed by atoms with van der Waals surface area (Å²) < 4.78 is 0. The Balaban J connectivity index is 1.65. The molecule has 0 radical (unpaired) electrons. The van der Waals surface area contributed by atoms with Crippen LogP contribution in [-0.4, -0.2) is 41.7 Å². The molecule has 122 valence electrons. The highest BCUT2D eigenvalue weighted by Crippen LogP contribution is 2.25. The van der Waals surface area contributed by atoms with Crippen LogP contribution in [0.2, 0.25) is 0 Å². The van der Waals surface area contributed by atoms with Gasteiger partial charge in [0.05, 0.1) is 18.7 Å². The van der Waals surface area contributed by atoms with Gasteiger partial charge >= 0.3 is 0 Å². The van der Waals surface area contributed by atoms with Crippen LogP contribution in [0.1, 0.15) is 29.3 Å². The number of carbonyl (C=O) groups excluding carboxylic acids is 1. The highest BCUT2D eigenvalue weighted by molar-refractivity contribution is 7.10. The molecule has 1 aliphatic rings. The first-order valence-corrected chi connectivity index (χ1v) is 8.88. The van der Waals surface area contributed by atoms with Gasteiger partial charge in [-0.25, -0.2) is 0 Å². The minimum atomic E-state index is -0.211. The molecule has 1 amide bonds. The zero-order chi connectivity index (χ0) is 16.1. The van der Waals surface area contributed by atoms with E-state index in [4.69, 9.17) is 0 Å². The molecule has 1 atom stereocenters. The topological polar surface area (TPSA) is 52.6 Å². The van der Waals surface area contributed by atoms with Gasteiger partial charge in [0.2, 0.25) is 5.91 Å². The predicted molar refractivity (Wildman–Crippen MR) is 92.4 cm³/mol. The normalized spacial score (nSPS) is 17.8. The molecule has 0 spiro atoms. The lowest BCUT2D eigenvalue weighted by atomic mass is 10.1. The minimum absolute atomic E-state index is 0.0312. The SMILES string of the molecule is O=C(CN1CCC(O)CC1)NC(c1ccccc1)c1cccs1. The Morgan fingerprint density at radius 2 is 1.96 bits per heavy atom. The third-order valence-corrected chi connectivity index (χ3v) is 5.13. The number of rotatable bonds is 5. The van der Waals surface area contributed by atoms with Crippen LogP contribution in [0.25, 0.3) is 0 Å². The molecule has 0 bridgehead atoms. The summed E-state index contributed by atoms with van der Waals surface area (Å²) in [6.45, 7) is 1.95. The van der Waals surface area contributed by atoms with Gasteiger partial charge in [-0.1, -0.05) is 36.4 Å². The minimum Gasteiger partial charge on any atom is -0.393 e. The number of carbonyl (C=O) groups is 1. The molecule has 1 fully saturated rings. The van der Waals surface area contributed by atoms with Crippen molar-refractivity contribution in [2.24, 2.45) is 0 Å². The van der Waals surface area contributed by atoms with Crippen LogP contribution in [0.5, 0.6) is 0 Å². The first kappa shape index (κ1) is 16.2. The summed E-state index contributed by atoms with van der Waals surface area (Å²) in [5.41, 5.74) is 1.09. The van der Waals surface area contributed by atoms with Crippen LogP contribution in [0.15, 0.2) is 47.8 Å². The van der Waals surface area contributed by atoms with Crippen molar-refractivity contribution < 1.29 is 9.90 Å². The molecule has 3 rings (SSSR count). The molecule has 1 saturated heterocycles. The molecule has 2 aromatic rings. The first-order valence-electron chi connectivity index (χ1n) is 8.00. The third-order valence-electron chi connectivity index (χ3n) is 4.19. The molecule has 1 unspecified atom stereocenters. The van der Waals surface area contributed by atoms with E-state index in [9.17, 15) is 9.90 Å². The maximum absolute atomic E-state index is 12.5. The summed E-state index contributed by atoms with van der Waals surface area (Å²) in [5, 5.41) is 14.7. The van der Waals surface area contributed by atoms with Crippen molar-refractivity contribution in [1.82, 2.24) is 10.2 Å². The fourth-order valence-electron chi connectivity index (χ4n) is 2.91. The van der Waals surface area contributed by atoms with E-state index < -0.39 is 0 Å². The van der Waals surface area contributed by atoms with Gasteiger partial charge < -0.3 is 10.4 Å². The highest BCUT2D eigenvalue weighted by atomic mass is 32.1. The molecule has 1 aromatic carbocycles. The van der Waals surface area contributed by atoms with Crippen LogP contribution in [0.4, 0.5) is 0 Å². The fourth-order valence-corrected chi connectivity index (χ4v) is 3.71. The maximum atomic E-state index is 12.5. The molecular weight excluding hydrogens is 308 g/mol. The lowest BCUT2D eigenvalue weighted by Gasteiger charge is -2.29. The monoisotopic (exact) mass is 330 g/mol. The van der Waals surface area contributed by atoms with E-state index in [0.29, 0.717) is 6.54 Å². The summed E-state index contributed by atoms with van der Waals surface area (Å²) in [4.78, 5) is 15.7. The number of nitrogens with zero attached hydrogens (tertiary/aromatic N) is 1. The molecule has 5 heteroatoms. The lowest BCUT2D eigenvalue weighted by Crippen LogP contribution is -2.43. The Labute approximate surface area is 140 Å². The second kappa shape index (κ2) is 7.73. The van der Waals surface area contributed by atoms with Gasteiger partial charge in [-0.2, -0.15) is 0 Å². The standard InChI is InChI=1S/C18H22N2O2S/c21-15-8-10-20(11-9-15)13-17(22)19-18(16-7-4-12-23-16)14-5-2-1-3-6-14/h1-7,12,15,18,21H,8-11,13H2,(H,19,22). The smallest absolute Gasteiger partial charge is 0.234 e. The van der Waals surface area contributed by atoms with Crippen LogP contribution in [-0.2, 0) is 4.79 Å². The average Bonchev–Trinajstić information content (AvgIpc) is 3.10. The molecule has 1 aliphatic heterocycles. The first-order chi connectivity index (χ1) is 11.2. The summed E-state index contributed by atoms with van der Waals surface area (Å²) in [6.07, 6.45) is 1.29. The highest BCUT2D eigenvalue weighted by Gasteiger charge is 2.22. The summed E-state index contributed by atoms with van der Waals surface area (Å²) >= 11 is 1.65. The number of hydrogen-bond acceptors (Lipinski definition) is 4. The molecular formula is C18H22N2O2S. The van der Waals surface area contributed by atoms with Crippen molar-refractivity contribution in [2.75, 3.05) is 19.6 Å². The largest absolute Gasteiger partial charge is 0.393 e. The summed E-state index contributed by atoms with van der Waals surface area (Å²) in [5.74, 6) is 0.0312. The second-order valence-corrected chi connectivity index (χ2v) is 6.91. The number of hydrogen-bond donors (Lipinski definition) is 2. The number of aliphatic hydroxyl groups is 1. The number of thiophene rings is 1. The molecule has 0 aliphatic carbocycles. The Bertz CT molecular complexity index is 607. The van der Waals surface area contributed by atoms with E-state index in [1.165, 1.54) is 0 Å². The quantitative estimate of drug-likeness (QED) is 0.885. The number of amides is 1. The Morgan fingerprint density at radius 1 is 1.22 bits per heavy atom. The summed E-state index contributed by atoms with van der Waals surface area (Å²) in [6, 6.07) is 14.0. The van der Waals surface area contributed by atoms with E-state index in [1.54, 1.807) is 11.3 Å². The Kier molecular flexibility index (Phi) is 5.43. The fraction of sp³-hybridized carbons (Fsp3) is 0.389. The Hall–Kier alpha value is -1.69. The van der Waals surface area contributed by atoms with Crippen molar-refractivity contribution in [3.05, 3.63) is 58.3 Å². The zero-order valence-electron chi connectivity index (χ0n) is 13.0. The third kappa shape index (κ3) is 4.41. The van der Waals surface area contributed by atoms with E-state index >= 15 is 0 Å². The van der Waals surface area contributed by atoms with Crippen LogP contribution in [0, 0.1) is 0 Å². The molecule has 2 heterocycles. The van der Waals surface area contributed by atoms with Gasteiger partial charge in [-0.15, -0.1) is 11.3 Å². The van der Waals surface area contributed by atoms with Crippen molar-refractivity contribution in [3.8, 4) is 0 Å². The van der Waals surface area contributed by atoms with Crippen LogP contribution >= 0.6 is 11.3 Å². The number of aliphatic hydroxyl groups excluding tert-OH is 1. The van der Waals surface area contributed by atoms with E-state index in [2.05, 4.69) is 16.3 Å².